The fourth-order valence-electron chi connectivity index (χ4n) is 2.87. The van der Waals surface area contributed by atoms with Crippen LogP contribution < -0.4 is 19.6 Å². The number of amides is 1. The third kappa shape index (κ3) is 6.51. The number of hydrogen-bond acceptors (Lipinski definition) is 6. The smallest absolute Gasteiger partial charge is 0.387 e. The monoisotopic (exact) mass is 489 g/mol. The third-order valence-electron chi connectivity index (χ3n) is 4.37. The molecule has 1 amide bonds. The highest BCUT2D eigenvalue weighted by atomic mass is 32.2. The second-order valence-electron chi connectivity index (χ2n) is 6.67. The van der Waals surface area contributed by atoms with Crippen LogP contribution in [0.2, 0.25) is 0 Å². The number of sulfonamides is 1. The molecule has 0 atom stereocenters. The van der Waals surface area contributed by atoms with Gasteiger partial charge in [0, 0.05) is 5.56 Å². The van der Waals surface area contributed by atoms with Gasteiger partial charge < -0.3 is 9.47 Å². The van der Waals surface area contributed by atoms with E-state index in [0.717, 1.165) is 6.21 Å². The van der Waals surface area contributed by atoms with E-state index in [9.17, 15) is 22.0 Å². The number of alkyl halides is 2. The number of rotatable bonds is 10. The lowest BCUT2D eigenvalue weighted by Gasteiger charge is -2.12. The van der Waals surface area contributed by atoms with Gasteiger partial charge in [-0.05, 0) is 55.5 Å². The Morgan fingerprint density at radius 3 is 2.41 bits per heavy atom. The molecule has 11 heteroatoms. The molecule has 0 spiro atoms. The summed E-state index contributed by atoms with van der Waals surface area (Å²) < 4.78 is 62.7. The number of hydrazone groups is 1. The fourth-order valence-corrected chi connectivity index (χ4v) is 3.95. The van der Waals surface area contributed by atoms with E-state index in [4.69, 9.17) is 4.74 Å². The molecule has 0 saturated carbocycles. The molecule has 2 N–H and O–H groups in total. The molecule has 0 heterocycles. The van der Waals surface area contributed by atoms with Crippen LogP contribution >= 0.6 is 0 Å². The predicted molar refractivity (Wildman–Crippen MR) is 123 cm³/mol. The molecule has 0 aliphatic heterocycles. The average Bonchev–Trinajstić information content (AvgIpc) is 2.80. The van der Waals surface area contributed by atoms with Gasteiger partial charge in [0.2, 0.25) is 0 Å². The number of nitrogens with one attached hydrogen (secondary N) is 2. The number of hydrogen-bond donors (Lipinski definition) is 2. The number of anilines is 1. The van der Waals surface area contributed by atoms with E-state index in [1.54, 1.807) is 18.2 Å². The Hall–Kier alpha value is -3.99. The molecule has 34 heavy (non-hydrogen) atoms. The van der Waals surface area contributed by atoms with E-state index < -0.39 is 22.5 Å². The predicted octanol–water partition coefficient (Wildman–Crippen LogP) is 4.25. The van der Waals surface area contributed by atoms with Crippen molar-refractivity contribution in [3.63, 3.8) is 0 Å². The maximum absolute atomic E-state index is 12.8. The van der Waals surface area contributed by atoms with E-state index in [2.05, 4.69) is 20.0 Å². The summed E-state index contributed by atoms with van der Waals surface area (Å²) in [7, 11) is -3.99. The minimum absolute atomic E-state index is 0.00581. The summed E-state index contributed by atoms with van der Waals surface area (Å²) in [4.78, 5) is 12.6. The average molecular weight is 490 g/mol. The van der Waals surface area contributed by atoms with E-state index in [1.807, 2.05) is 6.92 Å². The molecule has 0 unspecified atom stereocenters. The minimum atomic E-state index is -3.99. The molecule has 0 bridgehead atoms. The van der Waals surface area contributed by atoms with E-state index >= 15 is 0 Å². The van der Waals surface area contributed by atoms with Crippen LogP contribution in [0.25, 0.3) is 0 Å². The number of para-hydroxylation sites is 2. The van der Waals surface area contributed by atoms with Crippen molar-refractivity contribution >= 4 is 27.8 Å². The molecule has 3 aromatic rings. The number of nitrogens with zero attached hydrogens (tertiary/aromatic N) is 1. The SMILES string of the molecule is CCOc1ccc(S(=O)(=O)Nc2ccccc2C(=O)N/N=C/c2ccccc2OC(F)F)cc1. The van der Waals surface area contributed by atoms with Crippen LogP contribution in [0.1, 0.15) is 22.8 Å². The summed E-state index contributed by atoms with van der Waals surface area (Å²) >= 11 is 0. The Balaban J connectivity index is 1.75. The minimum Gasteiger partial charge on any atom is -0.494 e. The molecular formula is C23H21F2N3O5S. The van der Waals surface area contributed by atoms with E-state index in [1.165, 1.54) is 54.6 Å². The van der Waals surface area contributed by atoms with Crippen LogP contribution in [0, 0.1) is 0 Å². The Morgan fingerprint density at radius 2 is 1.71 bits per heavy atom. The largest absolute Gasteiger partial charge is 0.494 e. The van der Waals surface area contributed by atoms with Gasteiger partial charge in [-0.25, -0.2) is 13.8 Å². The van der Waals surface area contributed by atoms with Crippen LogP contribution in [0.4, 0.5) is 14.5 Å². The first kappa shape index (κ1) is 24.6. The second kappa shape index (κ2) is 11.2. The second-order valence-corrected chi connectivity index (χ2v) is 8.35. The first-order valence-electron chi connectivity index (χ1n) is 10.0. The summed E-state index contributed by atoms with van der Waals surface area (Å²) in [5.74, 6) is -0.299. The number of halogens is 2. The third-order valence-corrected chi connectivity index (χ3v) is 5.75. The van der Waals surface area contributed by atoms with Crippen LogP contribution in [-0.4, -0.2) is 33.8 Å². The Kier molecular flexibility index (Phi) is 8.14. The van der Waals surface area contributed by atoms with Crippen molar-refractivity contribution in [2.24, 2.45) is 5.10 Å². The molecular weight excluding hydrogens is 468 g/mol. The Bertz CT molecular complexity index is 1270. The van der Waals surface area contributed by atoms with Gasteiger partial charge >= 0.3 is 6.61 Å². The van der Waals surface area contributed by atoms with Crippen LogP contribution in [0.5, 0.6) is 11.5 Å². The van der Waals surface area contributed by atoms with Gasteiger partial charge in [-0.3, -0.25) is 9.52 Å². The van der Waals surface area contributed by atoms with Crippen molar-refractivity contribution in [2.75, 3.05) is 11.3 Å². The molecule has 0 aliphatic carbocycles. The van der Waals surface area contributed by atoms with Crippen LogP contribution in [0.15, 0.2) is 82.8 Å². The highest BCUT2D eigenvalue weighted by molar-refractivity contribution is 7.92. The van der Waals surface area contributed by atoms with Gasteiger partial charge in [-0.15, -0.1) is 0 Å². The summed E-state index contributed by atoms with van der Waals surface area (Å²) in [6, 6.07) is 17.7. The van der Waals surface area contributed by atoms with Crippen molar-refractivity contribution in [2.45, 2.75) is 18.4 Å². The highest BCUT2D eigenvalue weighted by Gasteiger charge is 2.18. The number of carbonyl (C=O) groups is 1. The van der Waals surface area contributed by atoms with Gasteiger partial charge in [0.1, 0.15) is 11.5 Å². The molecule has 0 aliphatic rings. The summed E-state index contributed by atoms with van der Waals surface area (Å²) in [5.41, 5.74) is 2.51. The Labute approximate surface area is 195 Å². The van der Waals surface area contributed by atoms with Crippen LogP contribution in [-0.2, 0) is 10.0 Å². The normalized spacial score (nSPS) is 11.4. The van der Waals surface area contributed by atoms with Crippen molar-refractivity contribution in [1.82, 2.24) is 5.43 Å². The van der Waals surface area contributed by atoms with Gasteiger partial charge in [-0.2, -0.15) is 13.9 Å². The lowest BCUT2D eigenvalue weighted by Crippen LogP contribution is -2.21. The topological polar surface area (TPSA) is 106 Å². The van der Waals surface area contributed by atoms with Crippen LogP contribution in [0.3, 0.4) is 0 Å². The van der Waals surface area contributed by atoms with Crippen molar-refractivity contribution in [3.05, 3.63) is 83.9 Å². The molecule has 178 valence electrons. The van der Waals surface area contributed by atoms with E-state index in [0.29, 0.717) is 12.4 Å². The van der Waals surface area contributed by atoms with Gasteiger partial charge in [0.05, 0.1) is 29.0 Å². The fraction of sp³-hybridized carbons (Fsp3) is 0.130. The lowest BCUT2D eigenvalue weighted by molar-refractivity contribution is -0.0499. The molecule has 8 nitrogen and oxygen atoms in total. The van der Waals surface area contributed by atoms with Crippen molar-refractivity contribution in [1.29, 1.82) is 0 Å². The first-order valence-corrected chi connectivity index (χ1v) is 11.5. The zero-order valence-corrected chi connectivity index (χ0v) is 18.8. The van der Waals surface area contributed by atoms with Crippen molar-refractivity contribution in [3.8, 4) is 11.5 Å². The standard InChI is InChI=1S/C23H21F2N3O5S/c1-2-32-17-11-13-18(14-12-17)34(30,31)28-20-9-5-4-8-19(20)22(29)27-26-15-16-7-3-6-10-21(16)33-23(24)25/h3-15,23,28H,2H2,1H3,(H,27,29)/b26-15+. The van der Waals surface area contributed by atoms with Gasteiger partial charge in [0.25, 0.3) is 15.9 Å². The number of carbonyl (C=O) groups excluding carboxylic acids is 1. The maximum Gasteiger partial charge on any atom is 0.387 e. The molecule has 0 fully saturated rings. The first-order chi connectivity index (χ1) is 16.3. The van der Waals surface area contributed by atoms with Gasteiger partial charge in [-0.1, -0.05) is 24.3 Å². The van der Waals surface area contributed by atoms with E-state index in [-0.39, 0.29) is 27.5 Å². The molecule has 0 saturated heterocycles. The lowest BCUT2D eigenvalue weighted by atomic mass is 10.2. The highest BCUT2D eigenvalue weighted by Crippen LogP contribution is 2.22. The zero-order valence-electron chi connectivity index (χ0n) is 17.9. The summed E-state index contributed by atoms with van der Waals surface area (Å²) in [6.45, 7) is -0.756. The quantitative estimate of drug-likeness (QED) is 0.327. The number of benzene rings is 3. The zero-order chi connectivity index (χ0) is 24.6. The van der Waals surface area contributed by atoms with Gasteiger partial charge in [0.15, 0.2) is 0 Å². The summed E-state index contributed by atoms with van der Waals surface area (Å²) in [5, 5.41) is 3.77. The molecule has 3 rings (SSSR count). The Morgan fingerprint density at radius 1 is 1.03 bits per heavy atom. The number of ether oxygens (including phenoxy) is 2. The molecule has 3 aromatic carbocycles. The maximum atomic E-state index is 12.8. The summed E-state index contributed by atoms with van der Waals surface area (Å²) in [6.07, 6.45) is 1.14. The molecule has 0 radical (unpaired) electrons. The van der Waals surface area contributed by atoms with Crippen molar-refractivity contribution < 1.29 is 31.5 Å². The molecule has 0 aromatic heterocycles.